The summed E-state index contributed by atoms with van der Waals surface area (Å²) in [4.78, 5) is 15.9. The topological polar surface area (TPSA) is 83.5 Å². The zero-order valence-electron chi connectivity index (χ0n) is 12.6. The summed E-state index contributed by atoms with van der Waals surface area (Å²) in [5, 5.41) is 16.6. The van der Waals surface area contributed by atoms with Gasteiger partial charge in [0.15, 0.2) is 0 Å². The monoisotopic (exact) mass is 305 g/mol. The lowest BCUT2D eigenvalue weighted by atomic mass is 10.1. The second-order valence-corrected chi connectivity index (χ2v) is 6.06. The standard InChI is InChI=1S/C16H23N3O3/c20-15-13(19-12-3-1-2-4-12)10-22-14(15)9-18-16(21)11-5-7-17-8-6-11/h5-8,12-15,19-20H,1-4,9-10H2,(H,18,21)/t13-,14-,15+/m1/s1. The van der Waals surface area contributed by atoms with Gasteiger partial charge in [-0.15, -0.1) is 0 Å². The number of hydrogen-bond acceptors (Lipinski definition) is 5. The van der Waals surface area contributed by atoms with E-state index in [4.69, 9.17) is 4.74 Å². The molecule has 2 aliphatic rings. The number of nitrogens with one attached hydrogen (secondary N) is 2. The van der Waals surface area contributed by atoms with E-state index < -0.39 is 6.10 Å². The van der Waals surface area contributed by atoms with Crippen LogP contribution in [0, 0.1) is 0 Å². The first-order valence-electron chi connectivity index (χ1n) is 7.98. The van der Waals surface area contributed by atoms with Gasteiger partial charge in [-0.2, -0.15) is 0 Å². The summed E-state index contributed by atoms with van der Waals surface area (Å²) in [6.07, 6.45) is 7.08. The van der Waals surface area contributed by atoms with Crippen molar-refractivity contribution >= 4 is 5.91 Å². The van der Waals surface area contributed by atoms with Gasteiger partial charge in [-0.25, -0.2) is 0 Å². The summed E-state index contributed by atoms with van der Waals surface area (Å²) in [5.41, 5.74) is 0.558. The van der Waals surface area contributed by atoms with Crippen LogP contribution in [0.3, 0.4) is 0 Å². The van der Waals surface area contributed by atoms with Crippen LogP contribution >= 0.6 is 0 Å². The Morgan fingerprint density at radius 1 is 1.32 bits per heavy atom. The Morgan fingerprint density at radius 2 is 2.05 bits per heavy atom. The van der Waals surface area contributed by atoms with Crippen LogP contribution in [0.5, 0.6) is 0 Å². The van der Waals surface area contributed by atoms with E-state index in [9.17, 15) is 9.90 Å². The maximum Gasteiger partial charge on any atom is 0.251 e. The number of carbonyl (C=O) groups is 1. The highest BCUT2D eigenvalue weighted by molar-refractivity contribution is 5.93. The molecular weight excluding hydrogens is 282 g/mol. The fourth-order valence-electron chi connectivity index (χ4n) is 3.20. The highest BCUT2D eigenvalue weighted by Gasteiger charge is 2.37. The van der Waals surface area contributed by atoms with Crippen molar-refractivity contribution in [1.29, 1.82) is 0 Å². The molecule has 0 radical (unpaired) electrons. The molecule has 1 aromatic heterocycles. The lowest BCUT2D eigenvalue weighted by Gasteiger charge is -2.22. The Kier molecular flexibility index (Phi) is 5.02. The average Bonchev–Trinajstić information content (AvgIpc) is 3.18. The minimum Gasteiger partial charge on any atom is -0.389 e. The molecule has 1 aromatic rings. The van der Waals surface area contributed by atoms with Crippen LogP contribution in [0.25, 0.3) is 0 Å². The molecule has 0 unspecified atom stereocenters. The van der Waals surface area contributed by atoms with Crippen molar-refractivity contribution < 1.29 is 14.6 Å². The van der Waals surface area contributed by atoms with E-state index >= 15 is 0 Å². The molecule has 1 aliphatic carbocycles. The Hall–Kier alpha value is -1.50. The van der Waals surface area contributed by atoms with Crippen LogP contribution in [0.4, 0.5) is 0 Å². The van der Waals surface area contributed by atoms with Crippen LogP contribution in [-0.2, 0) is 4.74 Å². The Morgan fingerprint density at radius 3 is 2.77 bits per heavy atom. The molecule has 22 heavy (non-hydrogen) atoms. The average molecular weight is 305 g/mol. The van der Waals surface area contributed by atoms with Crippen molar-refractivity contribution in [3.8, 4) is 0 Å². The number of carbonyl (C=O) groups excluding carboxylic acids is 1. The third-order valence-electron chi connectivity index (χ3n) is 4.49. The molecule has 1 aliphatic heterocycles. The minimum absolute atomic E-state index is 0.0362. The van der Waals surface area contributed by atoms with E-state index in [2.05, 4.69) is 15.6 Å². The van der Waals surface area contributed by atoms with Crippen molar-refractivity contribution in [3.63, 3.8) is 0 Å². The van der Waals surface area contributed by atoms with E-state index in [0.29, 0.717) is 24.8 Å². The van der Waals surface area contributed by atoms with Gasteiger partial charge in [-0.3, -0.25) is 9.78 Å². The lowest BCUT2D eigenvalue weighted by molar-refractivity contribution is 0.0396. The third kappa shape index (κ3) is 3.63. The van der Waals surface area contributed by atoms with Gasteiger partial charge in [-0.05, 0) is 25.0 Å². The van der Waals surface area contributed by atoms with Gasteiger partial charge in [0.25, 0.3) is 5.91 Å². The summed E-state index contributed by atoms with van der Waals surface area (Å²) in [6.45, 7) is 0.804. The number of hydrogen-bond donors (Lipinski definition) is 3. The molecule has 1 saturated carbocycles. The largest absolute Gasteiger partial charge is 0.389 e. The zero-order chi connectivity index (χ0) is 15.4. The van der Waals surface area contributed by atoms with Crippen molar-refractivity contribution in [2.45, 2.75) is 50.0 Å². The van der Waals surface area contributed by atoms with E-state index in [1.165, 1.54) is 25.7 Å². The Bertz CT molecular complexity index is 491. The molecule has 6 heteroatoms. The molecular formula is C16H23N3O3. The second kappa shape index (κ2) is 7.17. The molecule has 3 N–H and O–H groups in total. The van der Waals surface area contributed by atoms with E-state index in [1.807, 2.05) is 0 Å². The normalized spacial score (nSPS) is 28.9. The van der Waals surface area contributed by atoms with Gasteiger partial charge in [0.1, 0.15) is 6.10 Å². The molecule has 1 saturated heterocycles. The van der Waals surface area contributed by atoms with Gasteiger partial charge in [0, 0.05) is 30.5 Å². The molecule has 6 nitrogen and oxygen atoms in total. The molecule has 3 atom stereocenters. The number of nitrogens with zero attached hydrogens (tertiary/aromatic N) is 1. The predicted octanol–water partition coefficient (Wildman–Crippen LogP) is 0.472. The van der Waals surface area contributed by atoms with Crippen molar-refractivity contribution in [1.82, 2.24) is 15.6 Å². The first-order chi connectivity index (χ1) is 10.7. The smallest absolute Gasteiger partial charge is 0.251 e. The van der Waals surface area contributed by atoms with Gasteiger partial charge in [0.2, 0.25) is 0 Å². The maximum atomic E-state index is 12.0. The number of rotatable bonds is 5. The second-order valence-electron chi connectivity index (χ2n) is 6.06. The molecule has 0 aromatic carbocycles. The fourth-order valence-corrected chi connectivity index (χ4v) is 3.20. The summed E-state index contributed by atoms with van der Waals surface area (Å²) in [5.74, 6) is -0.176. The minimum atomic E-state index is -0.585. The Balaban J connectivity index is 1.46. The fraction of sp³-hybridized carbons (Fsp3) is 0.625. The molecule has 1 amide bonds. The van der Waals surface area contributed by atoms with E-state index in [1.54, 1.807) is 24.5 Å². The number of pyridine rings is 1. The molecule has 0 bridgehead atoms. The number of ether oxygens (including phenoxy) is 1. The van der Waals surface area contributed by atoms with E-state index in [0.717, 1.165) is 0 Å². The number of aliphatic hydroxyl groups is 1. The Labute approximate surface area is 130 Å². The van der Waals surface area contributed by atoms with Crippen LogP contribution in [0.15, 0.2) is 24.5 Å². The van der Waals surface area contributed by atoms with Crippen LogP contribution in [0.1, 0.15) is 36.0 Å². The number of aromatic nitrogens is 1. The SMILES string of the molecule is O=C(NC[C@H]1OC[C@@H](NC2CCCC2)[C@@H]1O)c1ccncc1. The van der Waals surface area contributed by atoms with Gasteiger partial charge in [0.05, 0.1) is 18.8 Å². The first kappa shape index (κ1) is 15.4. The number of aliphatic hydroxyl groups excluding tert-OH is 1. The van der Waals surface area contributed by atoms with Crippen LogP contribution < -0.4 is 10.6 Å². The summed E-state index contributed by atoms with van der Waals surface area (Å²) >= 11 is 0. The van der Waals surface area contributed by atoms with Crippen LogP contribution in [-0.4, -0.2) is 53.4 Å². The lowest BCUT2D eigenvalue weighted by Crippen LogP contribution is -2.47. The highest BCUT2D eigenvalue weighted by atomic mass is 16.5. The molecule has 0 spiro atoms. The quantitative estimate of drug-likeness (QED) is 0.736. The number of amides is 1. The third-order valence-corrected chi connectivity index (χ3v) is 4.49. The molecule has 2 fully saturated rings. The first-order valence-corrected chi connectivity index (χ1v) is 7.98. The zero-order valence-corrected chi connectivity index (χ0v) is 12.6. The van der Waals surface area contributed by atoms with Crippen molar-refractivity contribution in [2.24, 2.45) is 0 Å². The van der Waals surface area contributed by atoms with Gasteiger partial charge >= 0.3 is 0 Å². The molecule has 3 rings (SSSR count). The maximum absolute atomic E-state index is 12.0. The van der Waals surface area contributed by atoms with Gasteiger partial charge in [-0.1, -0.05) is 12.8 Å². The van der Waals surface area contributed by atoms with Crippen molar-refractivity contribution in [3.05, 3.63) is 30.1 Å². The van der Waals surface area contributed by atoms with Crippen molar-refractivity contribution in [2.75, 3.05) is 13.2 Å². The summed E-state index contributed by atoms with van der Waals surface area (Å²) in [7, 11) is 0. The van der Waals surface area contributed by atoms with Crippen LogP contribution in [0.2, 0.25) is 0 Å². The summed E-state index contributed by atoms with van der Waals surface area (Å²) in [6, 6.07) is 3.77. The molecule has 2 heterocycles. The van der Waals surface area contributed by atoms with E-state index in [-0.39, 0.29) is 18.1 Å². The summed E-state index contributed by atoms with van der Waals surface area (Å²) < 4.78 is 5.63. The van der Waals surface area contributed by atoms with Gasteiger partial charge < -0.3 is 20.5 Å². The highest BCUT2D eigenvalue weighted by Crippen LogP contribution is 2.21. The molecule has 120 valence electrons. The predicted molar refractivity (Wildman–Crippen MR) is 81.5 cm³/mol.